The first-order valence-electron chi connectivity index (χ1n) is 7.78. The molecule has 2 atom stereocenters. The molecule has 4 heteroatoms. The van der Waals surface area contributed by atoms with Crippen molar-refractivity contribution in [1.29, 1.82) is 0 Å². The van der Waals surface area contributed by atoms with Crippen molar-refractivity contribution in [2.75, 3.05) is 0 Å². The lowest BCUT2D eigenvalue weighted by molar-refractivity contribution is -0.151. The topological polar surface area (TPSA) is 61.5 Å². The van der Waals surface area contributed by atoms with Crippen LogP contribution in [-0.2, 0) is 20.9 Å². The average Bonchev–Trinajstić information content (AvgIpc) is 2.51. The Morgan fingerprint density at radius 1 is 1.23 bits per heavy atom. The van der Waals surface area contributed by atoms with E-state index >= 15 is 0 Å². The standard InChI is InChI=1S/C18H27NO3/c1-5-9-16(21-12-15-10-7-6-8-11-15)14(4)22-18(20)17(19)13(2)3/h6-11,13-14,17H,5,12,19H2,1-4H3/b16-9-. The van der Waals surface area contributed by atoms with Crippen LogP contribution in [0.15, 0.2) is 42.2 Å². The van der Waals surface area contributed by atoms with Crippen molar-refractivity contribution in [3.63, 3.8) is 0 Å². The summed E-state index contributed by atoms with van der Waals surface area (Å²) in [6.07, 6.45) is 2.30. The maximum Gasteiger partial charge on any atom is 0.323 e. The molecular formula is C18H27NO3. The summed E-state index contributed by atoms with van der Waals surface area (Å²) in [4.78, 5) is 11.9. The monoisotopic (exact) mass is 305 g/mol. The van der Waals surface area contributed by atoms with E-state index in [1.807, 2.05) is 57.2 Å². The van der Waals surface area contributed by atoms with E-state index in [0.29, 0.717) is 12.4 Å². The SMILES string of the molecule is CC/C=C(\OCc1ccccc1)C(C)OC(=O)C(N)C(C)C. The van der Waals surface area contributed by atoms with Crippen molar-refractivity contribution >= 4 is 5.97 Å². The van der Waals surface area contributed by atoms with E-state index in [0.717, 1.165) is 12.0 Å². The highest BCUT2D eigenvalue weighted by molar-refractivity contribution is 5.76. The summed E-state index contributed by atoms with van der Waals surface area (Å²) >= 11 is 0. The third-order valence-electron chi connectivity index (χ3n) is 3.34. The molecule has 0 radical (unpaired) electrons. The van der Waals surface area contributed by atoms with Crippen LogP contribution in [-0.4, -0.2) is 18.1 Å². The van der Waals surface area contributed by atoms with Crippen LogP contribution in [0.1, 0.15) is 39.7 Å². The normalized spacial score (nSPS) is 14.5. The minimum Gasteiger partial charge on any atom is -0.490 e. The molecule has 122 valence electrons. The maximum atomic E-state index is 11.9. The maximum absolute atomic E-state index is 11.9. The first-order valence-corrected chi connectivity index (χ1v) is 7.78. The molecular weight excluding hydrogens is 278 g/mol. The van der Waals surface area contributed by atoms with Gasteiger partial charge in [-0.3, -0.25) is 4.79 Å². The Morgan fingerprint density at radius 2 is 1.86 bits per heavy atom. The van der Waals surface area contributed by atoms with Crippen LogP contribution < -0.4 is 5.73 Å². The molecule has 1 rings (SSSR count). The summed E-state index contributed by atoms with van der Waals surface area (Å²) in [5, 5.41) is 0. The highest BCUT2D eigenvalue weighted by Gasteiger charge is 2.23. The molecule has 0 amide bonds. The molecule has 2 N–H and O–H groups in total. The number of rotatable bonds is 8. The fraction of sp³-hybridized carbons (Fsp3) is 0.500. The van der Waals surface area contributed by atoms with Gasteiger partial charge >= 0.3 is 5.97 Å². The largest absolute Gasteiger partial charge is 0.490 e. The second kappa shape index (κ2) is 9.26. The second-order valence-corrected chi connectivity index (χ2v) is 5.64. The Bertz CT molecular complexity index is 482. The van der Waals surface area contributed by atoms with E-state index in [2.05, 4.69) is 0 Å². The highest BCUT2D eigenvalue weighted by atomic mass is 16.6. The van der Waals surface area contributed by atoms with E-state index in [1.54, 1.807) is 6.92 Å². The fourth-order valence-corrected chi connectivity index (χ4v) is 1.87. The third-order valence-corrected chi connectivity index (χ3v) is 3.34. The number of carbonyl (C=O) groups is 1. The Morgan fingerprint density at radius 3 is 2.41 bits per heavy atom. The van der Waals surface area contributed by atoms with Gasteiger partial charge in [0.25, 0.3) is 0 Å². The van der Waals surface area contributed by atoms with Gasteiger partial charge in [0.1, 0.15) is 18.4 Å². The molecule has 0 fully saturated rings. The number of hydrogen-bond donors (Lipinski definition) is 1. The molecule has 0 saturated heterocycles. The molecule has 1 aromatic carbocycles. The summed E-state index contributed by atoms with van der Waals surface area (Å²) in [7, 11) is 0. The lowest BCUT2D eigenvalue weighted by Gasteiger charge is -2.21. The first-order chi connectivity index (χ1) is 10.5. The number of allylic oxidation sites excluding steroid dienone is 1. The molecule has 0 saturated carbocycles. The van der Waals surface area contributed by atoms with Crippen molar-refractivity contribution < 1.29 is 14.3 Å². The van der Waals surface area contributed by atoms with Gasteiger partial charge in [-0.05, 0) is 30.9 Å². The molecule has 22 heavy (non-hydrogen) atoms. The van der Waals surface area contributed by atoms with Gasteiger partial charge in [-0.2, -0.15) is 0 Å². The van der Waals surface area contributed by atoms with Crippen molar-refractivity contribution in [2.45, 2.75) is 52.9 Å². The van der Waals surface area contributed by atoms with Crippen LogP contribution >= 0.6 is 0 Å². The van der Waals surface area contributed by atoms with Gasteiger partial charge in [0, 0.05) is 0 Å². The lowest BCUT2D eigenvalue weighted by Crippen LogP contribution is -2.39. The molecule has 0 bridgehead atoms. The zero-order valence-corrected chi connectivity index (χ0v) is 13.9. The predicted octanol–water partition coefficient (Wildman–Crippen LogP) is 3.41. The summed E-state index contributed by atoms with van der Waals surface area (Å²) in [5.41, 5.74) is 6.88. The number of ether oxygens (including phenoxy) is 2. The van der Waals surface area contributed by atoms with Crippen LogP contribution in [0.25, 0.3) is 0 Å². The van der Waals surface area contributed by atoms with Gasteiger partial charge in [-0.25, -0.2) is 0 Å². The molecule has 0 aliphatic carbocycles. The van der Waals surface area contributed by atoms with Crippen molar-refractivity contribution in [3.8, 4) is 0 Å². The smallest absolute Gasteiger partial charge is 0.323 e. The van der Waals surface area contributed by atoms with Crippen LogP contribution in [0.2, 0.25) is 0 Å². The Balaban J connectivity index is 2.62. The predicted molar refractivity (Wildman–Crippen MR) is 88.0 cm³/mol. The van der Waals surface area contributed by atoms with E-state index in [-0.39, 0.29) is 5.92 Å². The summed E-state index contributed by atoms with van der Waals surface area (Å²) in [6.45, 7) is 8.05. The van der Waals surface area contributed by atoms with E-state index in [9.17, 15) is 4.79 Å². The Labute approximate surface area is 133 Å². The van der Waals surface area contributed by atoms with Gasteiger partial charge < -0.3 is 15.2 Å². The molecule has 1 aromatic rings. The lowest BCUT2D eigenvalue weighted by atomic mass is 10.1. The molecule has 2 unspecified atom stereocenters. The zero-order chi connectivity index (χ0) is 16.5. The van der Waals surface area contributed by atoms with Gasteiger partial charge in [0.2, 0.25) is 0 Å². The minimum atomic E-state index is -0.612. The molecule has 0 aliphatic rings. The minimum absolute atomic E-state index is 0.0449. The molecule has 0 heterocycles. The number of esters is 1. The van der Waals surface area contributed by atoms with Gasteiger partial charge in [-0.1, -0.05) is 51.1 Å². The van der Waals surface area contributed by atoms with Gasteiger partial charge in [-0.15, -0.1) is 0 Å². The number of hydrogen-bond acceptors (Lipinski definition) is 4. The second-order valence-electron chi connectivity index (χ2n) is 5.64. The van der Waals surface area contributed by atoms with E-state index < -0.39 is 18.1 Å². The van der Waals surface area contributed by atoms with Gasteiger partial charge in [0.05, 0.1) is 0 Å². The van der Waals surface area contributed by atoms with Crippen molar-refractivity contribution in [1.82, 2.24) is 0 Å². The molecule has 4 nitrogen and oxygen atoms in total. The Kier molecular flexibility index (Phi) is 7.67. The highest BCUT2D eigenvalue weighted by Crippen LogP contribution is 2.14. The van der Waals surface area contributed by atoms with Crippen molar-refractivity contribution in [2.24, 2.45) is 11.7 Å². The van der Waals surface area contributed by atoms with Crippen LogP contribution in [0.3, 0.4) is 0 Å². The molecule has 0 aromatic heterocycles. The summed E-state index contributed by atoms with van der Waals surface area (Å²) < 4.78 is 11.2. The summed E-state index contributed by atoms with van der Waals surface area (Å²) in [6, 6.07) is 9.27. The Hall–Kier alpha value is -1.81. The first kappa shape index (κ1) is 18.2. The van der Waals surface area contributed by atoms with Crippen LogP contribution in [0.5, 0.6) is 0 Å². The quantitative estimate of drug-likeness (QED) is 0.590. The van der Waals surface area contributed by atoms with Crippen LogP contribution in [0.4, 0.5) is 0 Å². The molecule has 0 spiro atoms. The van der Waals surface area contributed by atoms with E-state index in [1.165, 1.54) is 0 Å². The van der Waals surface area contributed by atoms with Gasteiger partial charge in [0.15, 0.2) is 6.10 Å². The van der Waals surface area contributed by atoms with Crippen LogP contribution in [0, 0.1) is 5.92 Å². The fourth-order valence-electron chi connectivity index (χ4n) is 1.87. The number of benzene rings is 1. The molecule has 0 aliphatic heterocycles. The average molecular weight is 305 g/mol. The number of carbonyl (C=O) groups excluding carboxylic acids is 1. The third kappa shape index (κ3) is 5.90. The summed E-state index contributed by atoms with van der Waals surface area (Å²) in [5.74, 6) is 0.312. The number of nitrogens with two attached hydrogens (primary N) is 1. The zero-order valence-electron chi connectivity index (χ0n) is 13.9. The van der Waals surface area contributed by atoms with Crippen molar-refractivity contribution in [3.05, 3.63) is 47.7 Å². The van der Waals surface area contributed by atoms with E-state index in [4.69, 9.17) is 15.2 Å².